The normalized spacial score (nSPS) is 10.1. The van der Waals surface area contributed by atoms with Gasteiger partial charge in [-0.05, 0) is 48.4 Å². The molecule has 0 saturated heterocycles. The molecule has 2 rings (SSSR count). The Balaban J connectivity index is 1.83. The Morgan fingerprint density at radius 1 is 1.00 bits per heavy atom. The van der Waals surface area contributed by atoms with Gasteiger partial charge in [-0.15, -0.1) is 0 Å². The van der Waals surface area contributed by atoms with E-state index in [1.165, 1.54) is 5.56 Å². The molecule has 0 saturated carbocycles. The molecule has 0 spiro atoms. The van der Waals surface area contributed by atoms with Crippen molar-refractivity contribution in [2.75, 3.05) is 6.61 Å². The molecule has 0 aromatic heterocycles. The van der Waals surface area contributed by atoms with Crippen LogP contribution in [-0.2, 0) is 11.2 Å². The van der Waals surface area contributed by atoms with Gasteiger partial charge in [0.2, 0.25) is 0 Å². The van der Waals surface area contributed by atoms with Crippen LogP contribution in [0.2, 0.25) is 0 Å². The SMILES string of the molecule is CCc1ccc(OCC(=O)Oc2ccc(Br)cc2)cc1. The predicted molar refractivity (Wildman–Crippen MR) is 81.1 cm³/mol. The van der Waals surface area contributed by atoms with Crippen LogP contribution in [0.1, 0.15) is 12.5 Å². The molecule has 0 heterocycles. The molecule has 0 aliphatic carbocycles. The highest BCUT2D eigenvalue weighted by Gasteiger charge is 2.06. The van der Waals surface area contributed by atoms with Crippen LogP contribution in [0.5, 0.6) is 11.5 Å². The van der Waals surface area contributed by atoms with Gasteiger partial charge in [-0.25, -0.2) is 4.79 Å². The van der Waals surface area contributed by atoms with Crippen molar-refractivity contribution in [1.82, 2.24) is 0 Å². The largest absolute Gasteiger partial charge is 0.482 e. The van der Waals surface area contributed by atoms with Crippen LogP contribution < -0.4 is 9.47 Å². The lowest BCUT2D eigenvalue weighted by molar-refractivity contribution is -0.136. The zero-order valence-electron chi connectivity index (χ0n) is 11.1. The Morgan fingerprint density at radius 2 is 1.60 bits per heavy atom. The van der Waals surface area contributed by atoms with Crippen molar-refractivity contribution in [3.63, 3.8) is 0 Å². The van der Waals surface area contributed by atoms with Gasteiger partial charge in [0.1, 0.15) is 11.5 Å². The number of benzene rings is 2. The molecule has 3 nitrogen and oxygen atoms in total. The smallest absolute Gasteiger partial charge is 0.349 e. The molecule has 4 heteroatoms. The summed E-state index contributed by atoms with van der Waals surface area (Å²) in [5, 5.41) is 0. The topological polar surface area (TPSA) is 35.5 Å². The molecule has 20 heavy (non-hydrogen) atoms. The second kappa shape index (κ2) is 7.10. The monoisotopic (exact) mass is 334 g/mol. The molecule has 0 amide bonds. The summed E-state index contributed by atoms with van der Waals surface area (Å²) in [6.45, 7) is 1.98. The Hall–Kier alpha value is -1.81. The summed E-state index contributed by atoms with van der Waals surface area (Å²) < 4.78 is 11.5. The Labute approximate surface area is 126 Å². The molecule has 2 aromatic rings. The van der Waals surface area contributed by atoms with Crippen LogP contribution in [0.15, 0.2) is 53.0 Å². The molecular formula is C16H15BrO3. The number of ether oxygens (including phenoxy) is 2. The summed E-state index contributed by atoms with van der Waals surface area (Å²) in [7, 11) is 0. The number of halogens is 1. The van der Waals surface area contributed by atoms with E-state index in [1.807, 2.05) is 36.4 Å². The van der Waals surface area contributed by atoms with E-state index in [9.17, 15) is 4.79 Å². The fraction of sp³-hybridized carbons (Fsp3) is 0.188. The average molecular weight is 335 g/mol. The molecule has 0 atom stereocenters. The molecule has 0 fully saturated rings. The highest BCUT2D eigenvalue weighted by atomic mass is 79.9. The summed E-state index contributed by atoms with van der Waals surface area (Å²) in [5.74, 6) is 0.741. The first-order chi connectivity index (χ1) is 9.67. The molecule has 104 valence electrons. The number of hydrogen-bond acceptors (Lipinski definition) is 3. The van der Waals surface area contributed by atoms with E-state index in [0.29, 0.717) is 11.5 Å². The van der Waals surface area contributed by atoms with Crippen LogP contribution in [0, 0.1) is 0 Å². The van der Waals surface area contributed by atoms with Gasteiger partial charge in [-0.1, -0.05) is 35.0 Å². The second-order valence-corrected chi connectivity index (χ2v) is 5.13. The van der Waals surface area contributed by atoms with E-state index in [2.05, 4.69) is 22.9 Å². The molecule has 0 unspecified atom stereocenters. The molecular weight excluding hydrogens is 320 g/mol. The minimum Gasteiger partial charge on any atom is -0.482 e. The predicted octanol–water partition coefficient (Wildman–Crippen LogP) is 4.00. The van der Waals surface area contributed by atoms with Crippen LogP contribution in [0.25, 0.3) is 0 Å². The molecule has 0 radical (unpaired) electrons. The van der Waals surface area contributed by atoms with Gasteiger partial charge in [0, 0.05) is 4.47 Å². The first-order valence-electron chi connectivity index (χ1n) is 6.35. The van der Waals surface area contributed by atoms with E-state index in [1.54, 1.807) is 12.1 Å². The highest BCUT2D eigenvalue weighted by Crippen LogP contribution is 2.17. The summed E-state index contributed by atoms with van der Waals surface area (Å²) in [5.41, 5.74) is 1.23. The van der Waals surface area contributed by atoms with Crippen molar-refractivity contribution < 1.29 is 14.3 Å². The summed E-state index contributed by atoms with van der Waals surface area (Å²) in [6.07, 6.45) is 0.978. The van der Waals surface area contributed by atoms with E-state index in [-0.39, 0.29) is 6.61 Å². The maximum atomic E-state index is 11.6. The van der Waals surface area contributed by atoms with Gasteiger partial charge >= 0.3 is 5.97 Å². The number of carbonyl (C=O) groups is 1. The van der Waals surface area contributed by atoms with E-state index in [4.69, 9.17) is 9.47 Å². The molecule has 0 N–H and O–H groups in total. The number of esters is 1. The zero-order chi connectivity index (χ0) is 14.4. The zero-order valence-corrected chi connectivity index (χ0v) is 12.7. The van der Waals surface area contributed by atoms with Gasteiger partial charge in [0.05, 0.1) is 0 Å². The number of carbonyl (C=O) groups excluding carboxylic acids is 1. The number of hydrogen-bond donors (Lipinski definition) is 0. The van der Waals surface area contributed by atoms with E-state index < -0.39 is 5.97 Å². The lowest BCUT2D eigenvalue weighted by Crippen LogP contribution is -2.17. The van der Waals surface area contributed by atoms with E-state index >= 15 is 0 Å². The van der Waals surface area contributed by atoms with Gasteiger partial charge in [0.15, 0.2) is 6.61 Å². The molecule has 0 aliphatic rings. The first-order valence-corrected chi connectivity index (χ1v) is 7.14. The summed E-state index contributed by atoms with van der Waals surface area (Å²) in [6, 6.07) is 14.7. The lowest BCUT2D eigenvalue weighted by atomic mass is 10.2. The molecule has 0 bridgehead atoms. The van der Waals surface area contributed by atoms with Gasteiger partial charge in [-0.3, -0.25) is 0 Å². The quantitative estimate of drug-likeness (QED) is 0.612. The second-order valence-electron chi connectivity index (χ2n) is 4.21. The van der Waals surface area contributed by atoms with Crippen LogP contribution in [0.3, 0.4) is 0 Å². The minimum absolute atomic E-state index is 0.110. The van der Waals surface area contributed by atoms with Gasteiger partial charge in [0.25, 0.3) is 0 Å². The Kier molecular flexibility index (Phi) is 5.18. The number of rotatable bonds is 5. The van der Waals surface area contributed by atoms with Crippen molar-refractivity contribution in [2.45, 2.75) is 13.3 Å². The van der Waals surface area contributed by atoms with Crippen LogP contribution in [-0.4, -0.2) is 12.6 Å². The van der Waals surface area contributed by atoms with Crippen molar-refractivity contribution in [1.29, 1.82) is 0 Å². The maximum Gasteiger partial charge on any atom is 0.349 e. The van der Waals surface area contributed by atoms with Crippen molar-refractivity contribution >= 4 is 21.9 Å². The fourth-order valence-electron chi connectivity index (χ4n) is 1.63. The third-order valence-electron chi connectivity index (χ3n) is 2.73. The molecule has 0 aliphatic heterocycles. The van der Waals surface area contributed by atoms with Crippen molar-refractivity contribution in [3.05, 3.63) is 58.6 Å². The first kappa shape index (κ1) is 14.6. The standard InChI is InChI=1S/C16H15BrO3/c1-2-12-3-7-14(8-4-12)19-11-16(18)20-15-9-5-13(17)6-10-15/h3-10H,2,11H2,1H3. The number of aryl methyl sites for hydroxylation is 1. The Morgan fingerprint density at radius 3 is 2.20 bits per heavy atom. The Bertz CT molecular complexity index is 561. The van der Waals surface area contributed by atoms with Gasteiger partial charge in [-0.2, -0.15) is 0 Å². The van der Waals surface area contributed by atoms with Crippen LogP contribution >= 0.6 is 15.9 Å². The lowest BCUT2D eigenvalue weighted by Gasteiger charge is -2.07. The third-order valence-corrected chi connectivity index (χ3v) is 3.26. The van der Waals surface area contributed by atoms with Crippen LogP contribution in [0.4, 0.5) is 0 Å². The van der Waals surface area contributed by atoms with Gasteiger partial charge < -0.3 is 9.47 Å². The minimum atomic E-state index is -0.424. The van der Waals surface area contributed by atoms with Crippen molar-refractivity contribution in [2.24, 2.45) is 0 Å². The summed E-state index contributed by atoms with van der Waals surface area (Å²) in [4.78, 5) is 11.6. The van der Waals surface area contributed by atoms with Crippen molar-refractivity contribution in [3.8, 4) is 11.5 Å². The fourth-order valence-corrected chi connectivity index (χ4v) is 1.89. The highest BCUT2D eigenvalue weighted by molar-refractivity contribution is 9.10. The van der Waals surface area contributed by atoms with E-state index in [0.717, 1.165) is 10.9 Å². The maximum absolute atomic E-state index is 11.6. The third kappa shape index (κ3) is 4.38. The molecule has 2 aromatic carbocycles. The average Bonchev–Trinajstić information content (AvgIpc) is 2.48. The summed E-state index contributed by atoms with van der Waals surface area (Å²) >= 11 is 3.32.